The second kappa shape index (κ2) is 8.43. The van der Waals surface area contributed by atoms with Crippen LogP contribution >= 0.6 is 11.3 Å². The fraction of sp³-hybridized carbons (Fsp3) is 0.381. The summed E-state index contributed by atoms with van der Waals surface area (Å²) in [6.07, 6.45) is 3.04. The number of hydrogen-bond donors (Lipinski definition) is 1. The molecule has 3 heterocycles. The van der Waals surface area contributed by atoms with E-state index in [0.717, 1.165) is 30.4 Å². The minimum atomic E-state index is -3.80. The van der Waals surface area contributed by atoms with Gasteiger partial charge in [0.05, 0.1) is 10.6 Å². The summed E-state index contributed by atoms with van der Waals surface area (Å²) in [5.41, 5.74) is 2.41. The largest absolute Gasteiger partial charge is 0.411 e. The number of benzene rings is 1. The highest BCUT2D eigenvalue weighted by Crippen LogP contribution is 2.34. The highest BCUT2D eigenvalue weighted by molar-refractivity contribution is 7.93. The van der Waals surface area contributed by atoms with Crippen molar-refractivity contribution in [2.75, 3.05) is 17.8 Å². The Kier molecular flexibility index (Phi) is 5.85. The molecule has 0 saturated carbocycles. The zero-order valence-corrected chi connectivity index (χ0v) is 19.3. The number of aromatic nitrogens is 2. The van der Waals surface area contributed by atoms with Gasteiger partial charge in [0, 0.05) is 18.0 Å². The number of anilines is 1. The summed E-state index contributed by atoms with van der Waals surface area (Å²) in [5.74, 6) is -0.210. The molecule has 4 rings (SSSR count). The zero-order chi connectivity index (χ0) is 22.2. The molecule has 0 spiro atoms. The van der Waals surface area contributed by atoms with E-state index >= 15 is 0 Å². The molecule has 0 atom stereocenters. The normalized spacial score (nSPS) is 14.6. The molecule has 1 aliphatic heterocycles. The molecule has 8 nitrogen and oxygen atoms in total. The van der Waals surface area contributed by atoms with Crippen LogP contribution in [-0.2, 0) is 10.0 Å². The smallest absolute Gasteiger partial charge is 0.311 e. The van der Waals surface area contributed by atoms with Crippen molar-refractivity contribution in [3.8, 4) is 10.8 Å². The lowest BCUT2D eigenvalue weighted by molar-refractivity contribution is 0.0684. The summed E-state index contributed by atoms with van der Waals surface area (Å²) < 4.78 is 34.3. The molecule has 31 heavy (non-hydrogen) atoms. The predicted octanol–water partition coefficient (Wildman–Crippen LogP) is 4.15. The van der Waals surface area contributed by atoms with Gasteiger partial charge in [-0.3, -0.25) is 9.52 Å². The van der Waals surface area contributed by atoms with Gasteiger partial charge in [0.2, 0.25) is 0 Å². The molecular formula is C21H24N4O4S2. The molecule has 0 radical (unpaired) electrons. The first-order valence-electron chi connectivity index (χ1n) is 10.1. The number of amides is 1. The molecule has 0 unspecified atom stereocenters. The first-order valence-corrected chi connectivity index (χ1v) is 12.4. The fourth-order valence-electron chi connectivity index (χ4n) is 3.54. The Morgan fingerprint density at radius 3 is 2.61 bits per heavy atom. The Morgan fingerprint density at radius 2 is 1.87 bits per heavy atom. The van der Waals surface area contributed by atoms with Gasteiger partial charge in [-0.2, -0.15) is 0 Å². The van der Waals surface area contributed by atoms with Crippen LogP contribution in [-0.4, -0.2) is 42.5 Å². The standard InChI is InChI=1S/C21H24N4O4S2/c1-13-8-7-9-16(14(13)2)24-31(27,28)18-12-17(30-15(18)3)19-22-23-20(29-19)21(26)25-10-5-4-6-11-25/h7-9,12,24H,4-6,10-11H2,1-3H3. The SMILES string of the molecule is Cc1cccc(NS(=O)(=O)c2cc(-c3nnc(C(=O)N4CCCCC4)o3)sc2C)c1C. The molecule has 3 aromatic rings. The van der Waals surface area contributed by atoms with E-state index in [1.54, 1.807) is 17.9 Å². The van der Waals surface area contributed by atoms with Crippen molar-refractivity contribution >= 4 is 33.0 Å². The maximum Gasteiger partial charge on any atom is 0.311 e. The molecular weight excluding hydrogens is 436 g/mol. The molecule has 1 N–H and O–H groups in total. The topological polar surface area (TPSA) is 105 Å². The second-order valence-electron chi connectivity index (χ2n) is 7.65. The Hall–Kier alpha value is -2.72. The van der Waals surface area contributed by atoms with E-state index < -0.39 is 10.0 Å². The fourth-order valence-corrected chi connectivity index (χ4v) is 6.18. The van der Waals surface area contributed by atoms with Crippen molar-refractivity contribution in [3.05, 3.63) is 46.2 Å². The van der Waals surface area contributed by atoms with E-state index in [1.807, 2.05) is 26.0 Å². The summed E-state index contributed by atoms with van der Waals surface area (Å²) in [4.78, 5) is 15.5. The molecule has 1 aromatic carbocycles. The Labute approximate surface area is 185 Å². The van der Waals surface area contributed by atoms with Gasteiger partial charge >= 0.3 is 11.8 Å². The molecule has 164 valence electrons. The molecule has 0 bridgehead atoms. The monoisotopic (exact) mass is 460 g/mol. The Bertz CT molecular complexity index is 1220. The molecule has 10 heteroatoms. The lowest BCUT2D eigenvalue weighted by atomic mass is 10.1. The highest BCUT2D eigenvalue weighted by Gasteiger charge is 2.26. The van der Waals surface area contributed by atoms with Crippen molar-refractivity contribution in [2.45, 2.75) is 44.9 Å². The number of carbonyl (C=O) groups excluding carboxylic acids is 1. The van der Waals surface area contributed by atoms with E-state index in [2.05, 4.69) is 14.9 Å². The van der Waals surface area contributed by atoms with Gasteiger partial charge in [0.25, 0.3) is 15.9 Å². The second-order valence-corrected chi connectivity index (χ2v) is 10.6. The Morgan fingerprint density at radius 1 is 1.13 bits per heavy atom. The van der Waals surface area contributed by atoms with Gasteiger partial charge in [0.15, 0.2) is 0 Å². The van der Waals surface area contributed by atoms with Crippen LogP contribution in [0.1, 0.15) is 46.0 Å². The van der Waals surface area contributed by atoms with Gasteiger partial charge in [-0.15, -0.1) is 21.5 Å². The summed E-state index contributed by atoms with van der Waals surface area (Å²) in [5, 5.41) is 7.87. The summed E-state index contributed by atoms with van der Waals surface area (Å²) in [6.45, 7) is 6.89. The van der Waals surface area contributed by atoms with E-state index in [0.29, 0.717) is 28.5 Å². The number of aryl methyl sites for hydroxylation is 2. The maximum atomic E-state index is 13.0. The predicted molar refractivity (Wildman–Crippen MR) is 119 cm³/mol. The van der Waals surface area contributed by atoms with Crippen LogP contribution in [0.2, 0.25) is 0 Å². The van der Waals surface area contributed by atoms with Gasteiger partial charge in [-0.1, -0.05) is 12.1 Å². The van der Waals surface area contributed by atoms with Gasteiger partial charge in [0.1, 0.15) is 4.90 Å². The average Bonchev–Trinajstić information content (AvgIpc) is 3.39. The third-order valence-electron chi connectivity index (χ3n) is 5.47. The van der Waals surface area contributed by atoms with Gasteiger partial charge in [-0.25, -0.2) is 8.42 Å². The highest BCUT2D eigenvalue weighted by atomic mass is 32.2. The maximum absolute atomic E-state index is 13.0. The minimum Gasteiger partial charge on any atom is -0.411 e. The van der Waals surface area contributed by atoms with Crippen LogP contribution < -0.4 is 4.72 Å². The molecule has 0 aliphatic carbocycles. The van der Waals surface area contributed by atoms with Crippen LogP contribution in [0, 0.1) is 20.8 Å². The number of piperidine rings is 1. The number of rotatable bonds is 5. The summed E-state index contributed by atoms with van der Waals surface area (Å²) >= 11 is 1.23. The third kappa shape index (κ3) is 4.35. The van der Waals surface area contributed by atoms with Gasteiger partial charge < -0.3 is 9.32 Å². The lowest BCUT2D eigenvalue weighted by Crippen LogP contribution is -2.35. The molecule has 1 fully saturated rings. The minimum absolute atomic E-state index is 0.0686. The molecule has 2 aromatic heterocycles. The average molecular weight is 461 g/mol. The number of nitrogens with one attached hydrogen (secondary N) is 1. The van der Waals surface area contributed by atoms with E-state index in [9.17, 15) is 13.2 Å². The summed E-state index contributed by atoms with van der Waals surface area (Å²) in [7, 11) is -3.80. The number of thiophene rings is 1. The quantitative estimate of drug-likeness (QED) is 0.613. The van der Waals surface area contributed by atoms with E-state index in [-0.39, 0.29) is 22.6 Å². The Balaban J connectivity index is 1.58. The number of sulfonamides is 1. The van der Waals surface area contributed by atoms with Crippen molar-refractivity contribution in [3.63, 3.8) is 0 Å². The first-order chi connectivity index (χ1) is 14.8. The van der Waals surface area contributed by atoms with Crippen molar-refractivity contribution in [1.82, 2.24) is 15.1 Å². The number of nitrogens with zero attached hydrogens (tertiary/aromatic N) is 3. The first kappa shape index (κ1) is 21.5. The molecule has 1 amide bonds. The van der Waals surface area contributed by atoms with E-state index in [4.69, 9.17) is 4.42 Å². The molecule has 1 aliphatic rings. The van der Waals surface area contributed by atoms with Crippen molar-refractivity contribution in [2.24, 2.45) is 0 Å². The number of carbonyl (C=O) groups is 1. The third-order valence-corrected chi connectivity index (χ3v) is 8.13. The van der Waals surface area contributed by atoms with Crippen LogP contribution in [0.4, 0.5) is 5.69 Å². The van der Waals surface area contributed by atoms with Crippen molar-refractivity contribution in [1.29, 1.82) is 0 Å². The van der Waals surface area contributed by atoms with Crippen LogP contribution in [0.5, 0.6) is 0 Å². The number of likely N-dealkylation sites (tertiary alicyclic amines) is 1. The number of hydrogen-bond acceptors (Lipinski definition) is 7. The van der Waals surface area contributed by atoms with Crippen LogP contribution in [0.25, 0.3) is 10.8 Å². The molecule has 1 saturated heterocycles. The van der Waals surface area contributed by atoms with Crippen LogP contribution in [0.3, 0.4) is 0 Å². The van der Waals surface area contributed by atoms with Gasteiger partial charge in [-0.05, 0) is 63.3 Å². The van der Waals surface area contributed by atoms with Crippen molar-refractivity contribution < 1.29 is 17.6 Å². The summed E-state index contributed by atoms with van der Waals surface area (Å²) in [6, 6.07) is 6.99. The van der Waals surface area contributed by atoms with E-state index in [1.165, 1.54) is 17.4 Å². The van der Waals surface area contributed by atoms with Crippen LogP contribution in [0.15, 0.2) is 33.6 Å². The zero-order valence-electron chi connectivity index (χ0n) is 17.6. The lowest BCUT2D eigenvalue weighted by Gasteiger charge is -2.24.